The van der Waals surface area contributed by atoms with Crippen LogP contribution in [-0.4, -0.2) is 0 Å². The topological polar surface area (TPSA) is 56.3 Å². The second-order valence-corrected chi connectivity index (χ2v) is 10.3. The van der Waals surface area contributed by atoms with Crippen LogP contribution in [0.4, 0.5) is 57.1 Å². The van der Waals surface area contributed by atoms with Gasteiger partial charge in [-0.1, -0.05) is 0 Å². The number of hydrogen-bond donors (Lipinski definition) is 0. The zero-order chi connectivity index (χ0) is 36.6. The fraction of sp³-hybridized carbons (Fsp3) is 0.125. The largest absolute Gasteiger partial charge is 0.523 e. The van der Waals surface area contributed by atoms with Crippen LogP contribution in [-0.2, 0) is 19.0 Å². The molecule has 0 saturated carbocycles. The third-order valence-corrected chi connectivity index (χ3v) is 7.92. The van der Waals surface area contributed by atoms with E-state index in [0.717, 1.165) is 0 Å². The van der Waals surface area contributed by atoms with Gasteiger partial charge in [-0.15, -0.1) is 0 Å². The first-order chi connectivity index (χ1) is 22.9. The van der Waals surface area contributed by atoms with Crippen LogP contribution < -0.4 is 10.4 Å². The van der Waals surface area contributed by atoms with Crippen LogP contribution in [0.25, 0.3) is 20.8 Å². The summed E-state index contributed by atoms with van der Waals surface area (Å²) in [6, 6.07) is 2.42. The molecule has 0 aliphatic heterocycles. The fourth-order valence-corrected chi connectivity index (χ4v) is 5.81. The third kappa shape index (κ3) is 4.65. The van der Waals surface area contributed by atoms with E-state index in [1.807, 2.05) is 0 Å². The number of nitrogens with zero attached hydrogens (tertiary/aromatic N) is 4. The highest BCUT2D eigenvalue weighted by molar-refractivity contribution is 5.89. The summed E-state index contributed by atoms with van der Waals surface area (Å²) in [5.41, 5.74) is -16.2. The first kappa shape index (κ1) is 34.3. The summed E-state index contributed by atoms with van der Waals surface area (Å²) in [7, 11) is 0. The molecule has 0 spiro atoms. The molecule has 246 valence electrons. The number of rotatable bonds is 2. The second kappa shape index (κ2) is 11.6. The molecule has 5 rings (SSSR count). The molecule has 0 unspecified atom stereocenters. The molecule has 0 heterocycles. The van der Waals surface area contributed by atoms with Crippen LogP contribution in [0.1, 0.15) is 33.4 Å². The molecule has 49 heavy (non-hydrogen) atoms. The van der Waals surface area contributed by atoms with Crippen molar-refractivity contribution in [1.29, 1.82) is 10.5 Å². The lowest BCUT2D eigenvalue weighted by molar-refractivity contribution is -0.143. The number of nitriles is 2. The Balaban J connectivity index is 2.12. The normalized spacial score (nSPS) is 13.5. The number of allylic oxidation sites excluding steroid dienone is 3. The lowest BCUT2D eigenvalue weighted by Crippen LogP contribution is -2.28. The monoisotopic (exact) mass is 694 g/mol. The van der Waals surface area contributed by atoms with Gasteiger partial charge in [0.25, 0.3) is 0 Å². The van der Waals surface area contributed by atoms with Crippen molar-refractivity contribution in [3.05, 3.63) is 147 Å². The Morgan fingerprint density at radius 2 is 0.959 bits per heavy atom. The predicted molar refractivity (Wildman–Crippen MR) is 139 cm³/mol. The number of alkyl halides is 3. The summed E-state index contributed by atoms with van der Waals surface area (Å²) < 4.78 is 193. The summed E-state index contributed by atoms with van der Waals surface area (Å²) in [6.07, 6.45) is -8.48. The minimum atomic E-state index is -6.02. The Hall–Kier alpha value is -6.07. The summed E-state index contributed by atoms with van der Waals surface area (Å²) in [6.45, 7) is 15.2. The molecule has 0 aromatic heterocycles. The first-order valence-corrected chi connectivity index (χ1v) is 13.0. The van der Waals surface area contributed by atoms with Gasteiger partial charge < -0.3 is 0 Å². The lowest BCUT2D eigenvalue weighted by Gasteiger charge is -2.16. The molecular formula is C32H7F13N4. The average Bonchev–Trinajstić information content (AvgIpc) is 3.63. The molecule has 3 aromatic carbocycles. The summed E-state index contributed by atoms with van der Waals surface area (Å²) in [4.78, 5) is 5.63. The van der Waals surface area contributed by atoms with E-state index in [4.69, 9.17) is 13.1 Å². The SMILES string of the molecule is [C-]#[N+]C([N+]#[C-])=C1Cc2c(F)c3c(c(F)c2=C1c1c(F)c(F)c(C)c(F)c1F)CC(=C(C#N)C#N)C=3c1c(F)c(F)c(C(F)(F)F)c(F)c1F. The van der Waals surface area contributed by atoms with Gasteiger partial charge in [0.15, 0.2) is 46.5 Å². The minimum Gasteiger partial charge on any atom is -0.206 e. The molecule has 4 nitrogen and oxygen atoms in total. The molecule has 0 bridgehead atoms. The maximum atomic E-state index is 16.6. The van der Waals surface area contributed by atoms with Crippen molar-refractivity contribution in [2.75, 3.05) is 0 Å². The highest BCUT2D eigenvalue weighted by Crippen LogP contribution is 2.43. The highest BCUT2D eigenvalue weighted by Gasteiger charge is 2.45. The van der Waals surface area contributed by atoms with E-state index in [9.17, 15) is 41.3 Å². The minimum absolute atomic E-state index is 0.625. The van der Waals surface area contributed by atoms with E-state index in [-0.39, 0.29) is 0 Å². The van der Waals surface area contributed by atoms with E-state index in [1.54, 1.807) is 0 Å². The van der Waals surface area contributed by atoms with Crippen molar-refractivity contribution in [2.45, 2.75) is 25.9 Å². The van der Waals surface area contributed by atoms with Gasteiger partial charge in [-0.25, -0.2) is 43.9 Å². The molecule has 0 N–H and O–H groups in total. The zero-order valence-corrected chi connectivity index (χ0v) is 23.6. The van der Waals surface area contributed by atoms with E-state index >= 15 is 26.3 Å². The van der Waals surface area contributed by atoms with Crippen molar-refractivity contribution >= 4 is 11.1 Å². The molecule has 0 fully saturated rings. The van der Waals surface area contributed by atoms with Gasteiger partial charge in [-0.05, 0) is 18.1 Å². The Labute approximate surface area is 264 Å². The molecule has 3 aromatic rings. The standard InChI is InChI=1S/C32H7F13N4/c1-8-21(33)25(37)19(26(38)22(8)34)15-13(31(48-2)49-3)5-12-17(15)23(35)11-4-10(9(6-46)7-47)14(16(11)24(12)36)18-27(39)29(41)20(32(43,44)45)30(42)28(18)40/h4-5H2,1H3. The van der Waals surface area contributed by atoms with Gasteiger partial charge in [-0.2, -0.15) is 33.4 Å². The van der Waals surface area contributed by atoms with Crippen LogP contribution in [0.2, 0.25) is 0 Å². The van der Waals surface area contributed by atoms with E-state index in [0.29, 0.717) is 6.92 Å². The molecule has 0 atom stereocenters. The molecule has 2 aliphatic rings. The molecule has 17 heteroatoms. The quantitative estimate of drug-likeness (QED) is 0.122. The number of benzene rings is 3. The average molecular weight is 694 g/mol. The van der Waals surface area contributed by atoms with Crippen molar-refractivity contribution in [2.24, 2.45) is 0 Å². The molecular weight excluding hydrogens is 687 g/mol. The van der Waals surface area contributed by atoms with Gasteiger partial charge in [0.05, 0.1) is 16.7 Å². The van der Waals surface area contributed by atoms with Gasteiger partial charge in [0.1, 0.15) is 48.1 Å². The Kier molecular flexibility index (Phi) is 8.09. The smallest absolute Gasteiger partial charge is 0.206 e. The lowest BCUT2D eigenvalue weighted by atomic mass is 9.93. The molecule has 0 amide bonds. The zero-order valence-electron chi connectivity index (χ0n) is 23.6. The van der Waals surface area contributed by atoms with Gasteiger partial charge in [-0.3, -0.25) is 0 Å². The number of hydrogen-bond acceptors (Lipinski definition) is 2. The van der Waals surface area contributed by atoms with Gasteiger partial charge >= 0.3 is 12.0 Å². The molecule has 2 aliphatic carbocycles. The van der Waals surface area contributed by atoms with Crippen molar-refractivity contribution in [3.8, 4) is 12.1 Å². The van der Waals surface area contributed by atoms with Crippen LogP contribution in [0, 0.1) is 101 Å². The van der Waals surface area contributed by atoms with Crippen molar-refractivity contribution in [3.63, 3.8) is 0 Å². The summed E-state index contributed by atoms with van der Waals surface area (Å²) in [5, 5.41) is 16.3. The number of halogens is 13. The van der Waals surface area contributed by atoms with Crippen LogP contribution in [0.5, 0.6) is 0 Å². The van der Waals surface area contributed by atoms with Crippen LogP contribution in [0.3, 0.4) is 0 Å². The summed E-state index contributed by atoms with van der Waals surface area (Å²) >= 11 is 0. The summed E-state index contributed by atoms with van der Waals surface area (Å²) in [5.74, 6) is -24.8. The van der Waals surface area contributed by atoms with Crippen LogP contribution >= 0.6 is 0 Å². The van der Waals surface area contributed by atoms with Gasteiger partial charge in [0, 0.05) is 45.5 Å². The first-order valence-electron chi connectivity index (χ1n) is 13.0. The maximum Gasteiger partial charge on any atom is 0.523 e. The Morgan fingerprint density at radius 3 is 1.33 bits per heavy atom. The predicted octanol–water partition coefficient (Wildman–Crippen LogP) is 7.31. The van der Waals surface area contributed by atoms with Crippen LogP contribution in [0.15, 0.2) is 22.5 Å². The van der Waals surface area contributed by atoms with Crippen molar-refractivity contribution < 1.29 is 57.1 Å². The van der Waals surface area contributed by atoms with Crippen molar-refractivity contribution in [1.82, 2.24) is 0 Å². The number of fused-ring (bicyclic) bond motifs is 2. The Bertz CT molecular complexity index is 2390. The van der Waals surface area contributed by atoms with E-state index in [1.165, 1.54) is 12.1 Å². The van der Waals surface area contributed by atoms with E-state index in [2.05, 4.69) is 9.69 Å². The third-order valence-electron chi connectivity index (χ3n) is 7.92. The second-order valence-electron chi connectivity index (χ2n) is 10.3. The fourth-order valence-electron chi connectivity index (χ4n) is 5.81. The maximum absolute atomic E-state index is 16.6. The highest BCUT2D eigenvalue weighted by atomic mass is 19.4. The molecule has 0 radical (unpaired) electrons. The Morgan fingerprint density at radius 1 is 0.592 bits per heavy atom. The molecule has 0 saturated heterocycles. The van der Waals surface area contributed by atoms with E-state index < -0.39 is 155 Å². The van der Waals surface area contributed by atoms with Gasteiger partial charge in [0.2, 0.25) is 0 Å².